The second-order valence-electron chi connectivity index (χ2n) is 7.97. The maximum atomic E-state index is 13.1. The molecule has 8 nitrogen and oxygen atoms in total. The van der Waals surface area contributed by atoms with Gasteiger partial charge < -0.3 is 14.8 Å². The highest BCUT2D eigenvalue weighted by Crippen LogP contribution is 2.35. The van der Waals surface area contributed by atoms with Crippen molar-refractivity contribution in [2.24, 2.45) is 5.92 Å². The molecule has 0 saturated carbocycles. The van der Waals surface area contributed by atoms with Crippen LogP contribution in [-0.4, -0.2) is 37.6 Å². The summed E-state index contributed by atoms with van der Waals surface area (Å²) in [6.07, 6.45) is 4.77. The van der Waals surface area contributed by atoms with Crippen LogP contribution in [0.1, 0.15) is 17.3 Å². The Balaban J connectivity index is 1.51. The summed E-state index contributed by atoms with van der Waals surface area (Å²) >= 11 is 4.78. The molecule has 174 valence electrons. The summed E-state index contributed by atoms with van der Waals surface area (Å²) in [6, 6.07) is 9.36. The van der Waals surface area contributed by atoms with Crippen LogP contribution in [0.5, 0.6) is 11.8 Å². The third-order valence-corrected chi connectivity index (χ3v) is 5.35. The lowest BCUT2D eigenvalue weighted by molar-refractivity contribution is -0.0964. The van der Waals surface area contributed by atoms with Crippen molar-refractivity contribution in [1.29, 1.82) is 0 Å². The van der Waals surface area contributed by atoms with E-state index in [-0.39, 0.29) is 5.75 Å². The van der Waals surface area contributed by atoms with E-state index in [9.17, 15) is 13.6 Å². The molecule has 0 unspecified atom stereocenters. The summed E-state index contributed by atoms with van der Waals surface area (Å²) in [4.78, 5) is 25.9. The van der Waals surface area contributed by atoms with Crippen LogP contribution in [0.3, 0.4) is 0 Å². The number of ether oxygens (including phenoxy) is 2. The zero-order chi connectivity index (χ0) is 23.9. The molecule has 0 spiro atoms. The molecular weight excluding hydrogens is 468 g/mol. The van der Waals surface area contributed by atoms with Gasteiger partial charge in [-0.1, -0.05) is 6.92 Å². The van der Waals surface area contributed by atoms with Crippen LogP contribution in [0.15, 0.2) is 55.1 Å². The lowest BCUT2D eigenvalue weighted by atomic mass is 10.0. The predicted octanol–water partition coefficient (Wildman–Crippen LogP) is 4.94. The molecule has 1 atom stereocenters. The van der Waals surface area contributed by atoms with Gasteiger partial charge in [0.1, 0.15) is 12.1 Å². The summed E-state index contributed by atoms with van der Waals surface area (Å²) in [5, 5.41) is 2.75. The van der Waals surface area contributed by atoms with Crippen LogP contribution in [0, 0.1) is 5.92 Å². The molecule has 34 heavy (non-hydrogen) atoms. The summed E-state index contributed by atoms with van der Waals surface area (Å²) in [5.41, 5.74) is -0.175. The highest BCUT2D eigenvalue weighted by atomic mass is 35.5. The normalized spacial score (nSPS) is 15.5. The van der Waals surface area contributed by atoms with E-state index >= 15 is 0 Å². The number of benzene rings is 2. The third-order valence-electron chi connectivity index (χ3n) is 5.28. The standard InChI is InChI=1S/C23H18ClF2N5O3/c1-13-10-31-20-18(15-8-27-12-28-9-15)6-14(7-19(20)30-22(31)33-11-13)21(32)29-16-2-4-17(5-3-16)34-23(24,25)26/h2-9,12-13H,10-11H2,1H3,(H,29,32)/t13-/m1/s1. The number of imidazole rings is 1. The number of carbonyl (C=O) groups is 1. The number of halogens is 3. The summed E-state index contributed by atoms with van der Waals surface area (Å²) in [6.45, 7) is 3.39. The number of rotatable bonds is 5. The number of nitrogens with zero attached hydrogens (tertiary/aromatic N) is 4. The molecule has 1 amide bonds. The Bertz CT molecular complexity index is 1360. The van der Waals surface area contributed by atoms with Gasteiger partial charge in [-0.3, -0.25) is 9.36 Å². The number of aromatic nitrogens is 4. The fraction of sp³-hybridized carbons (Fsp3) is 0.217. The van der Waals surface area contributed by atoms with Crippen molar-refractivity contribution in [3.05, 3.63) is 60.7 Å². The van der Waals surface area contributed by atoms with E-state index < -0.39 is 11.5 Å². The molecule has 0 saturated heterocycles. The molecule has 1 aliphatic rings. The summed E-state index contributed by atoms with van der Waals surface area (Å²) in [7, 11) is 0. The minimum atomic E-state index is -3.82. The van der Waals surface area contributed by atoms with Crippen LogP contribution in [0.25, 0.3) is 22.2 Å². The zero-order valence-electron chi connectivity index (χ0n) is 17.8. The van der Waals surface area contributed by atoms with Crippen LogP contribution in [0.4, 0.5) is 14.5 Å². The first-order valence-electron chi connectivity index (χ1n) is 10.4. The first-order valence-corrected chi connectivity index (χ1v) is 10.7. The fourth-order valence-corrected chi connectivity index (χ4v) is 3.93. The summed E-state index contributed by atoms with van der Waals surface area (Å²) < 4.78 is 37.7. The second kappa shape index (κ2) is 8.53. The van der Waals surface area contributed by atoms with Gasteiger partial charge in [-0.15, -0.1) is 8.78 Å². The number of hydrogen-bond donors (Lipinski definition) is 1. The highest BCUT2D eigenvalue weighted by Gasteiger charge is 2.27. The topological polar surface area (TPSA) is 91.2 Å². The van der Waals surface area contributed by atoms with Crippen molar-refractivity contribution < 1.29 is 23.0 Å². The Morgan fingerprint density at radius 2 is 1.97 bits per heavy atom. The number of alkyl halides is 3. The summed E-state index contributed by atoms with van der Waals surface area (Å²) in [5.74, 6) is -0.237. The fourth-order valence-electron chi connectivity index (χ4n) is 3.84. The van der Waals surface area contributed by atoms with Crippen molar-refractivity contribution in [3.63, 3.8) is 0 Å². The molecule has 1 aliphatic heterocycles. The average molecular weight is 486 g/mol. The van der Waals surface area contributed by atoms with Crippen molar-refractivity contribution in [1.82, 2.24) is 19.5 Å². The molecule has 1 N–H and O–H groups in total. The van der Waals surface area contributed by atoms with Gasteiger partial charge in [0, 0.05) is 58.8 Å². The molecule has 0 fully saturated rings. The molecule has 2 aromatic heterocycles. The minimum absolute atomic E-state index is 0.136. The van der Waals surface area contributed by atoms with Gasteiger partial charge >= 0.3 is 5.57 Å². The average Bonchev–Trinajstić information content (AvgIpc) is 3.17. The molecule has 3 heterocycles. The zero-order valence-corrected chi connectivity index (χ0v) is 18.6. The minimum Gasteiger partial charge on any atom is -0.464 e. The van der Waals surface area contributed by atoms with Crippen LogP contribution >= 0.6 is 11.6 Å². The molecule has 4 aromatic rings. The van der Waals surface area contributed by atoms with E-state index in [0.717, 1.165) is 23.2 Å². The first-order chi connectivity index (χ1) is 16.3. The van der Waals surface area contributed by atoms with Gasteiger partial charge in [0.15, 0.2) is 0 Å². The maximum absolute atomic E-state index is 13.1. The van der Waals surface area contributed by atoms with Gasteiger partial charge in [-0.2, -0.15) is 4.98 Å². The number of amides is 1. The molecule has 0 bridgehead atoms. The predicted molar refractivity (Wildman–Crippen MR) is 121 cm³/mol. The maximum Gasteiger partial charge on any atom is 0.487 e. The first kappa shape index (κ1) is 22.0. The molecule has 2 aromatic carbocycles. The SMILES string of the molecule is C[C@H]1COc2nc3cc(C(=O)Nc4ccc(OC(F)(F)Cl)cc4)cc(-c4cncnc4)c3n2C1. The highest BCUT2D eigenvalue weighted by molar-refractivity contribution is 6.20. The van der Waals surface area contributed by atoms with Gasteiger partial charge in [0.05, 0.1) is 17.6 Å². The van der Waals surface area contributed by atoms with Crippen molar-refractivity contribution in [2.45, 2.75) is 19.0 Å². The van der Waals surface area contributed by atoms with Gasteiger partial charge in [0.25, 0.3) is 11.9 Å². The van der Waals surface area contributed by atoms with E-state index in [1.165, 1.54) is 30.6 Å². The smallest absolute Gasteiger partial charge is 0.464 e. The van der Waals surface area contributed by atoms with Crippen LogP contribution in [-0.2, 0) is 6.54 Å². The number of carbonyl (C=O) groups excluding carboxylic acids is 1. The molecular formula is C23H18ClF2N5O3. The molecule has 11 heteroatoms. The van der Waals surface area contributed by atoms with E-state index in [4.69, 9.17) is 16.3 Å². The quantitative estimate of drug-likeness (QED) is 0.402. The monoisotopic (exact) mass is 485 g/mol. The van der Waals surface area contributed by atoms with E-state index in [1.54, 1.807) is 24.5 Å². The Morgan fingerprint density at radius 1 is 1.24 bits per heavy atom. The largest absolute Gasteiger partial charge is 0.487 e. The number of nitrogens with one attached hydrogen (secondary N) is 1. The number of hydrogen-bond acceptors (Lipinski definition) is 6. The Kier molecular flexibility index (Phi) is 5.52. The number of fused-ring (bicyclic) bond motifs is 3. The van der Waals surface area contributed by atoms with E-state index in [1.807, 2.05) is 4.57 Å². The Morgan fingerprint density at radius 3 is 2.68 bits per heavy atom. The number of anilines is 1. The second-order valence-corrected chi connectivity index (χ2v) is 8.41. The van der Waals surface area contributed by atoms with Crippen molar-refractivity contribution in [2.75, 3.05) is 11.9 Å². The van der Waals surface area contributed by atoms with Crippen LogP contribution in [0.2, 0.25) is 0 Å². The molecule has 0 aliphatic carbocycles. The molecule has 5 rings (SSSR count). The van der Waals surface area contributed by atoms with E-state index in [0.29, 0.717) is 35.3 Å². The molecule has 0 radical (unpaired) electrons. The van der Waals surface area contributed by atoms with Gasteiger partial charge in [-0.05, 0) is 36.4 Å². The third kappa shape index (κ3) is 4.49. The Hall–Kier alpha value is -3.79. The lowest BCUT2D eigenvalue weighted by Gasteiger charge is -2.22. The lowest BCUT2D eigenvalue weighted by Crippen LogP contribution is -2.23. The van der Waals surface area contributed by atoms with Gasteiger partial charge in [0.2, 0.25) is 0 Å². The van der Waals surface area contributed by atoms with Gasteiger partial charge in [-0.25, -0.2) is 9.97 Å². The van der Waals surface area contributed by atoms with E-state index in [2.05, 4.69) is 31.9 Å². The van der Waals surface area contributed by atoms with Crippen molar-refractivity contribution >= 4 is 34.2 Å². The van der Waals surface area contributed by atoms with Crippen molar-refractivity contribution in [3.8, 4) is 22.9 Å². The Labute approximate surface area is 197 Å². The van der Waals surface area contributed by atoms with Crippen LogP contribution < -0.4 is 14.8 Å².